The fraction of sp³-hybridized carbons (Fsp3) is 0.143. The van der Waals surface area contributed by atoms with Crippen LogP contribution in [0.4, 0.5) is 5.69 Å². The van der Waals surface area contributed by atoms with Crippen LogP contribution in [0.3, 0.4) is 0 Å². The average molecular weight is 226 g/mol. The molecular weight excluding hydrogens is 222 g/mol. The number of rotatable bonds is 1. The molecule has 0 unspecified atom stereocenters. The molecule has 4 nitrogen and oxygen atoms in total. The SMILES string of the molecule is Cc1nc(C#N)c(N=O)cc1Br. The van der Waals surface area contributed by atoms with Gasteiger partial charge in [-0.05, 0) is 34.1 Å². The largest absolute Gasteiger partial charge is 0.239 e. The van der Waals surface area contributed by atoms with Crippen LogP contribution < -0.4 is 0 Å². The number of hydrogen-bond acceptors (Lipinski definition) is 4. The number of nitrogens with zero attached hydrogens (tertiary/aromatic N) is 3. The van der Waals surface area contributed by atoms with Gasteiger partial charge in [0.25, 0.3) is 0 Å². The van der Waals surface area contributed by atoms with Crippen molar-refractivity contribution >= 4 is 21.6 Å². The zero-order valence-electron chi connectivity index (χ0n) is 6.21. The molecule has 1 aromatic heterocycles. The molecule has 0 saturated heterocycles. The van der Waals surface area contributed by atoms with Crippen LogP contribution in [0.15, 0.2) is 15.7 Å². The minimum absolute atomic E-state index is 0.0608. The van der Waals surface area contributed by atoms with Crippen LogP contribution in [0.5, 0.6) is 0 Å². The Labute approximate surface area is 77.3 Å². The van der Waals surface area contributed by atoms with Gasteiger partial charge >= 0.3 is 0 Å². The van der Waals surface area contributed by atoms with Gasteiger partial charge < -0.3 is 0 Å². The first-order chi connectivity index (χ1) is 5.69. The predicted molar refractivity (Wildman–Crippen MR) is 46.8 cm³/mol. The van der Waals surface area contributed by atoms with Crippen molar-refractivity contribution in [1.29, 1.82) is 5.26 Å². The smallest absolute Gasteiger partial charge is 0.170 e. The van der Waals surface area contributed by atoms with Crippen LogP contribution in [0.2, 0.25) is 0 Å². The Kier molecular flexibility index (Phi) is 2.51. The fourth-order valence-corrected chi connectivity index (χ4v) is 1.03. The highest BCUT2D eigenvalue weighted by atomic mass is 79.9. The van der Waals surface area contributed by atoms with Gasteiger partial charge in [0.2, 0.25) is 0 Å². The Morgan fingerprint density at radius 1 is 1.75 bits per heavy atom. The van der Waals surface area contributed by atoms with E-state index in [0.717, 1.165) is 0 Å². The van der Waals surface area contributed by atoms with Gasteiger partial charge in [0.05, 0.1) is 5.69 Å². The molecule has 1 rings (SSSR count). The average Bonchev–Trinajstić information content (AvgIpc) is 2.09. The number of nitroso groups, excluding NO2 is 1. The zero-order chi connectivity index (χ0) is 9.14. The van der Waals surface area contributed by atoms with E-state index in [0.29, 0.717) is 10.2 Å². The van der Waals surface area contributed by atoms with Crippen molar-refractivity contribution in [3.8, 4) is 6.07 Å². The minimum atomic E-state index is 0.0608. The molecule has 0 N–H and O–H groups in total. The van der Waals surface area contributed by atoms with Crippen LogP contribution in [-0.2, 0) is 0 Å². The number of pyridine rings is 1. The summed E-state index contributed by atoms with van der Waals surface area (Å²) in [5.74, 6) is 0. The van der Waals surface area contributed by atoms with Crippen LogP contribution >= 0.6 is 15.9 Å². The summed E-state index contributed by atoms with van der Waals surface area (Å²) in [5.41, 5.74) is 0.791. The lowest BCUT2D eigenvalue weighted by Gasteiger charge is -1.98. The normalized spacial score (nSPS) is 9.08. The summed E-state index contributed by atoms with van der Waals surface area (Å²) in [6.07, 6.45) is 0. The quantitative estimate of drug-likeness (QED) is 0.690. The summed E-state index contributed by atoms with van der Waals surface area (Å²) in [4.78, 5) is 14.0. The summed E-state index contributed by atoms with van der Waals surface area (Å²) in [6.45, 7) is 1.74. The molecule has 12 heavy (non-hydrogen) atoms. The second-order valence-corrected chi connectivity index (χ2v) is 2.98. The first-order valence-corrected chi connectivity index (χ1v) is 3.89. The number of hydrogen-bond donors (Lipinski definition) is 0. The van der Waals surface area contributed by atoms with E-state index in [1.165, 1.54) is 6.07 Å². The zero-order valence-corrected chi connectivity index (χ0v) is 7.79. The van der Waals surface area contributed by atoms with Crippen molar-refractivity contribution in [2.24, 2.45) is 5.18 Å². The number of aromatic nitrogens is 1. The highest BCUT2D eigenvalue weighted by molar-refractivity contribution is 9.10. The Hall–Kier alpha value is -1.28. The molecule has 0 fully saturated rings. The molecule has 0 spiro atoms. The molecule has 0 radical (unpaired) electrons. The molecule has 0 amide bonds. The standard InChI is InChI=1S/C7H4BrN3O/c1-4-5(8)2-6(11-12)7(3-9)10-4/h2H,1H3. The van der Waals surface area contributed by atoms with Crippen molar-refractivity contribution in [3.63, 3.8) is 0 Å². The molecule has 0 saturated carbocycles. The maximum Gasteiger partial charge on any atom is 0.170 e. The molecule has 0 aliphatic heterocycles. The molecule has 0 atom stereocenters. The second-order valence-electron chi connectivity index (χ2n) is 2.13. The Morgan fingerprint density at radius 2 is 2.42 bits per heavy atom. The van der Waals surface area contributed by atoms with Gasteiger partial charge in [-0.25, -0.2) is 4.98 Å². The summed E-state index contributed by atoms with van der Waals surface area (Å²) in [6, 6.07) is 3.27. The molecule has 60 valence electrons. The summed E-state index contributed by atoms with van der Waals surface area (Å²) in [5, 5.41) is 11.2. The van der Waals surface area contributed by atoms with Crippen molar-refractivity contribution < 1.29 is 0 Å². The topological polar surface area (TPSA) is 66.1 Å². The predicted octanol–water partition coefficient (Wildman–Crippen LogP) is 2.42. The van der Waals surface area contributed by atoms with Gasteiger partial charge in [0, 0.05) is 4.47 Å². The van der Waals surface area contributed by atoms with E-state index < -0.39 is 0 Å². The van der Waals surface area contributed by atoms with Gasteiger partial charge in [-0.2, -0.15) is 5.26 Å². The summed E-state index contributed by atoms with van der Waals surface area (Å²) >= 11 is 3.18. The van der Waals surface area contributed by atoms with Crippen molar-refractivity contribution in [2.45, 2.75) is 6.92 Å². The molecule has 1 heterocycles. The van der Waals surface area contributed by atoms with Crippen LogP contribution in [-0.4, -0.2) is 4.98 Å². The van der Waals surface area contributed by atoms with E-state index in [2.05, 4.69) is 26.1 Å². The van der Waals surface area contributed by atoms with E-state index in [9.17, 15) is 4.91 Å². The lowest BCUT2D eigenvalue weighted by molar-refractivity contribution is 1.14. The lowest BCUT2D eigenvalue weighted by Crippen LogP contribution is -1.88. The molecule has 0 aliphatic rings. The van der Waals surface area contributed by atoms with E-state index in [1.807, 2.05) is 0 Å². The van der Waals surface area contributed by atoms with E-state index in [1.54, 1.807) is 13.0 Å². The van der Waals surface area contributed by atoms with Gasteiger partial charge in [-0.1, -0.05) is 0 Å². The first kappa shape index (κ1) is 8.81. The van der Waals surface area contributed by atoms with Crippen LogP contribution in [0.1, 0.15) is 11.4 Å². The molecule has 0 aromatic carbocycles. The van der Waals surface area contributed by atoms with Crippen molar-refractivity contribution in [1.82, 2.24) is 4.98 Å². The Bertz CT molecular complexity index is 370. The van der Waals surface area contributed by atoms with Gasteiger partial charge in [0.15, 0.2) is 5.69 Å². The van der Waals surface area contributed by atoms with Crippen LogP contribution in [0.25, 0.3) is 0 Å². The Morgan fingerprint density at radius 3 is 2.92 bits per heavy atom. The number of aryl methyl sites for hydroxylation is 1. The van der Waals surface area contributed by atoms with E-state index >= 15 is 0 Å². The second kappa shape index (κ2) is 3.41. The molecule has 1 aromatic rings. The van der Waals surface area contributed by atoms with E-state index in [-0.39, 0.29) is 11.4 Å². The third kappa shape index (κ3) is 1.48. The van der Waals surface area contributed by atoms with Gasteiger partial charge in [-0.15, -0.1) is 4.91 Å². The third-order valence-corrected chi connectivity index (χ3v) is 2.14. The maximum atomic E-state index is 10.2. The summed E-state index contributed by atoms with van der Waals surface area (Å²) < 4.78 is 0.677. The van der Waals surface area contributed by atoms with Crippen molar-refractivity contribution in [3.05, 3.63) is 26.8 Å². The monoisotopic (exact) mass is 225 g/mol. The van der Waals surface area contributed by atoms with E-state index in [4.69, 9.17) is 5.26 Å². The number of nitriles is 1. The van der Waals surface area contributed by atoms with Gasteiger partial charge in [-0.3, -0.25) is 0 Å². The lowest BCUT2D eigenvalue weighted by atomic mass is 10.3. The molecule has 5 heteroatoms. The highest BCUT2D eigenvalue weighted by Crippen LogP contribution is 2.23. The molecular formula is C7H4BrN3O. The Balaban J connectivity index is 3.41. The van der Waals surface area contributed by atoms with Crippen LogP contribution in [0, 0.1) is 23.2 Å². The minimum Gasteiger partial charge on any atom is -0.239 e. The maximum absolute atomic E-state index is 10.2. The molecule has 0 aliphatic carbocycles. The fourth-order valence-electron chi connectivity index (χ4n) is 0.723. The molecule has 0 bridgehead atoms. The highest BCUT2D eigenvalue weighted by Gasteiger charge is 2.06. The third-order valence-electron chi connectivity index (χ3n) is 1.34. The summed E-state index contributed by atoms with van der Waals surface area (Å²) in [7, 11) is 0. The van der Waals surface area contributed by atoms with Gasteiger partial charge in [0.1, 0.15) is 11.8 Å². The number of halogens is 1. The first-order valence-electron chi connectivity index (χ1n) is 3.09. The van der Waals surface area contributed by atoms with Crippen molar-refractivity contribution in [2.75, 3.05) is 0 Å².